The van der Waals surface area contributed by atoms with E-state index < -0.39 is 0 Å². The molecule has 0 N–H and O–H groups in total. The summed E-state index contributed by atoms with van der Waals surface area (Å²) in [7, 11) is 0. The summed E-state index contributed by atoms with van der Waals surface area (Å²) in [4.78, 5) is 0. The van der Waals surface area contributed by atoms with Gasteiger partial charge in [0.25, 0.3) is 0 Å². The lowest BCUT2D eigenvalue weighted by atomic mass is 10.0. The number of unbranched alkanes of at least 4 members (excludes halogenated alkanes) is 30. The van der Waals surface area contributed by atoms with E-state index in [-0.39, 0.29) is 0 Å². The molecule has 0 aromatic heterocycles. The first-order valence-electron chi connectivity index (χ1n) is 22.4. The quantitative estimate of drug-likeness (QED) is 0.0643. The maximum absolute atomic E-state index is 5.94. The molecule has 0 aliphatic rings. The lowest BCUT2D eigenvalue weighted by Crippen LogP contribution is -1.97. The molecule has 0 unspecified atom stereocenters. The van der Waals surface area contributed by atoms with Crippen molar-refractivity contribution in [1.82, 2.24) is 0 Å². The second-order valence-corrected chi connectivity index (χ2v) is 15.7. The van der Waals surface area contributed by atoms with Gasteiger partial charge >= 0.3 is 0 Å². The highest BCUT2D eigenvalue weighted by atomic mass is 16.5. The molecule has 2 aromatic rings. The van der Waals surface area contributed by atoms with Crippen molar-refractivity contribution in [1.29, 1.82) is 0 Å². The Morgan fingerprint density at radius 1 is 0.380 bits per heavy atom. The van der Waals surface area contributed by atoms with Gasteiger partial charge in [0.1, 0.15) is 5.75 Å². The van der Waals surface area contributed by atoms with Crippen molar-refractivity contribution in [3.8, 4) is 5.75 Å². The Balaban J connectivity index is 1.16. The van der Waals surface area contributed by atoms with Crippen molar-refractivity contribution in [3.63, 3.8) is 0 Å². The first-order chi connectivity index (χ1) is 24.8. The molecular formula is C49H83O. The third kappa shape index (κ3) is 27.9. The fraction of sp³-hybridized carbons (Fsp3) is 0.735. The lowest BCUT2D eigenvalue weighted by Gasteiger charge is -2.07. The molecule has 50 heavy (non-hydrogen) atoms. The van der Waals surface area contributed by atoms with E-state index in [0.717, 1.165) is 12.4 Å². The summed E-state index contributed by atoms with van der Waals surface area (Å²) < 4.78 is 5.94. The van der Waals surface area contributed by atoms with Gasteiger partial charge in [-0.1, -0.05) is 229 Å². The van der Waals surface area contributed by atoms with Crippen LogP contribution in [0.5, 0.6) is 5.75 Å². The number of rotatable bonds is 37. The number of hydrogen-bond acceptors (Lipinski definition) is 1. The zero-order valence-corrected chi connectivity index (χ0v) is 33.6. The summed E-state index contributed by atoms with van der Waals surface area (Å²) in [6, 6.07) is 17.8. The van der Waals surface area contributed by atoms with Crippen LogP contribution in [0.15, 0.2) is 48.5 Å². The molecule has 285 valence electrons. The lowest BCUT2D eigenvalue weighted by molar-refractivity contribution is 0.304. The Labute approximate surface area is 313 Å². The fourth-order valence-corrected chi connectivity index (χ4v) is 7.30. The monoisotopic (exact) mass is 688 g/mol. The minimum Gasteiger partial charge on any atom is -0.494 e. The smallest absolute Gasteiger partial charge is 0.119 e. The molecule has 0 aliphatic heterocycles. The molecule has 0 spiro atoms. The number of aryl methyl sites for hydroxylation is 3. The molecule has 1 heteroatoms. The third-order valence-corrected chi connectivity index (χ3v) is 10.8. The standard InChI is InChI=1S/C49H83O/c1-3-4-35-47-41-43-49(44-42-47)50-45-34-32-30-28-26-24-22-20-18-16-14-12-10-8-6-5-7-9-11-13-15-17-19-21-23-25-27-29-31-33-36-48-39-37-46(2)38-40-48/h8,37-44H,3-7,9-36,45H2,1-2H3. The van der Waals surface area contributed by atoms with Gasteiger partial charge in [-0.25, -0.2) is 0 Å². The normalized spacial score (nSPS) is 11.4. The molecular weight excluding hydrogens is 605 g/mol. The van der Waals surface area contributed by atoms with Crippen LogP contribution < -0.4 is 4.74 Å². The molecule has 0 bridgehead atoms. The largest absolute Gasteiger partial charge is 0.494 e. The highest BCUT2D eigenvalue weighted by molar-refractivity contribution is 5.27. The van der Waals surface area contributed by atoms with Crippen LogP contribution in [-0.4, -0.2) is 6.61 Å². The second kappa shape index (κ2) is 34.3. The van der Waals surface area contributed by atoms with Gasteiger partial charge in [0.05, 0.1) is 6.61 Å². The van der Waals surface area contributed by atoms with Crippen molar-refractivity contribution in [2.75, 3.05) is 6.61 Å². The Bertz CT molecular complexity index is 944. The van der Waals surface area contributed by atoms with Crippen molar-refractivity contribution in [3.05, 3.63) is 71.6 Å². The van der Waals surface area contributed by atoms with E-state index in [0.29, 0.717) is 0 Å². The number of benzene rings is 2. The van der Waals surface area contributed by atoms with Gasteiger partial charge in [0, 0.05) is 0 Å². The predicted molar refractivity (Wildman–Crippen MR) is 224 cm³/mol. The molecule has 1 nitrogen and oxygen atoms in total. The van der Waals surface area contributed by atoms with Crippen LogP contribution in [0.2, 0.25) is 0 Å². The van der Waals surface area contributed by atoms with Crippen LogP contribution >= 0.6 is 0 Å². The molecule has 1 radical (unpaired) electrons. The Morgan fingerprint density at radius 2 is 0.720 bits per heavy atom. The number of ether oxygens (including phenoxy) is 1. The predicted octanol–water partition coefficient (Wildman–Crippen LogP) is 16.5. The average Bonchev–Trinajstić information content (AvgIpc) is 3.14. The van der Waals surface area contributed by atoms with Gasteiger partial charge < -0.3 is 4.74 Å². The average molecular weight is 688 g/mol. The summed E-state index contributed by atoms with van der Waals surface area (Å²) in [6.07, 6.45) is 48.7. The van der Waals surface area contributed by atoms with E-state index >= 15 is 0 Å². The highest BCUT2D eigenvalue weighted by Gasteiger charge is 1.99. The number of hydrogen-bond donors (Lipinski definition) is 0. The summed E-state index contributed by atoms with van der Waals surface area (Å²) in [5.41, 5.74) is 4.32. The second-order valence-electron chi connectivity index (χ2n) is 15.7. The molecule has 0 amide bonds. The van der Waals surface area contributed by atoms with Gasteiger partial charge in [-0.15, -0.1) is 0 Å². The van der Waals surface area contributed by atoms with E-state index in [1.807, 2.05) is 0 Å². The van der Waals surface area contributed by atoms with Gasteiger partial charge in [-0.2, -0.15) is 0 Å². The van der Waals surface area contributed by atoms with Crippen LogP contribution in [0.25, 0.3) is 0 Å². The zero-order chi connectivity index (χ0) is 35.4. The van der Waals surface area contributed by atoms with Gasteiger partial charge in [-0.3, -0.25) is 0 Å². The maximum atomic E-state index is 5.94. The molecule has 0 aliphatic carbocycles. The first kappa shape index (κ1) is 44.4. The van der Waals surface area contributed by atoms with Crippen molar-refractivity contribution in [2.45, 2.75) is 226 Å². The van der Waals surface area contributed by atoms with E-state index in [1.54, 1.807) is 0 Å². The van der Waals surface area contributed by atoms with E-state index in [9.17, 15) is 0 Å². The topological polar surface area (TPSA) is 9.23 Å². The third-order valence-electron chi connectivity index (χ3n) is 10.8. The Kier molecular flexibility index (Phi) is 30.5. The SMILES string of the molecule is CCCCc1ccc(OCCCCCCCCCCCCCC[CH]CCCCCCCCCCCCCCCCCc2ccc(C)cc2)cc1. The summed E-state index contributed by atoms with van der Waals surface area (Å²) in [5.74, 6) is 1.04. The maximum Gasteiger partial charge on any atom is 0.119 e. The molecule has 0 fully saturated rings. The molecule has 2 aromatic carbocycles. The summed E-state index contributed by atoms with van der Waals surface area (Å²) in [5, 5.41) is 0. The van der Waals surface area contributed by atoms with Crippen LogP contribution in [0, 0.1) is 13.3 Å². The van der Waals surface area contributed by atoms with E-state index in [1.165, 1.54) is 229 Å². The van der Waals surface area contributed by atoms with Crippen LogP contribution in [0.4, 0.5) is 0 Å². The summed E-state index contributed by atoms with van der Waals surface area (Å²) in [6.45, 7) is 5.29. The van der Waals surface area contributed by atoms with Gasteiger partial charge in [0.15, 0.2) is 0 Å². The van der Waals surface area contributed by atoms with E-state index in [4.69, 9.17) is 4.74 Å². The molecule has 2 rings (SSSR count). The molecule has 0 atom stereocenters. The van der Waals surface area contributed by atoms with Crippen LogP contribution in [0.1, 0.15) is 223 Å². The molecule has 0 heterocycles. The molecule has 0 saturated carbocycles. The summed E-state index contributed by atoms with van der Waals surface area (Å²) >= 11 is 0. The van der Waals surface area contributed by atoms with Crippen molar-refractivity contribution < 1.29 is 4.74 Å². The fourth-order valence-electron chi connectivity index (χ4n) is 7.30. The van der Waals surface area contributed by atoms with Gasteiger partial charge in [-0.05, 0) is 68.7 Å². The molecule has 0 saturated heterocycles. The van der Waals surface area contributed by atoms with Gasteiger partial charge in [0.2, 0.25) is 0 Å². The highest BCUT2D eigenvalue weighted by Crippen LogP contribution is 2.18. The van der Waals surface area contributed by atoms with E-state index in [2.05, 4.69) is 68.8 Å². The first-order valence-corrected chi connectivity index (χ1v) is 22.4. The zero-order valence-electron chi connectivity index (χ0n) is 33.6. The minimum absolute atomic E-state index is 0.865. The van der Waals surface area contributed by atoms with Crippen molar-refractivity contribution in [2.24, 2.45) is 0 Å². The van der Waals surface area contributed by atoms with Crippen LogP contribution in [-0.2, 0) is 12.8 Å². The van der Waals surface area contributed by atoms with Crippen LogP contribution in [0.3, 0.4) is 0 Å². The Morgan fingerprint density at radius 3 is 1.14 bits per heavy atom. The minimum atomic E-state index is 0.865. The van der Waals surface area contributed by atoms with Crippen molar-refractivity contribution >= 4 is 0 Å². The Hall–Kier alpha value is -1.76.